The highest BCUT2D eigenvalue weighted by atomic mass is 79.9. The molecule has 0 aliphatic carbocycles. The highest BCUT2D eigenvalue weighted by Crippen LogP contribution is 2.31. The van der Waals surface area contributed by atoms with Gasteiger partial charge in [0, 0.05) is 13.1 Å². The third-order valence-electron chi connectivity index (χ3n) is 2.04. The number of para-hydroxylation sites is 2. The Morgan fingerprint density at radius 1 is 1.39 bits per heavy atom. The van der Waals surface area contributed by atoms with Gasteiger partial charge in [-0.2, -0.15) is 0 Å². The number of amides is 1. The number of carbonyl (C=O) groups excluding carboxylic acids is 1. The van der Waals surface area contributed by atoms with Crippen molar-refractivity contribution < 1.29 is 9.53 Å². The number of carbonyl (C=O) groups is 1. The van der Waals surface area contributed by atoms with Crippen LogP contribution in [0, 0.1) is 0 Å². The Hall–Kier alpha value is -1.95. The predicted octanol–water partition coefficient (Wildman–Crippen LogP) is 2.99. The fourth-order valence-electron chi connectivity index (χ4n) is 1.33. The summed E-state index contributed by atoms with van der Waals surface area (Å²) in [6.45, 7) is 1.44. The Labute approximate surface area is 112 Å². The third-order valence-corrected chi connectivity index (χ3v) is 2.58. The van der Waals surface area contributed by atoms with Gasteiger partial charge in [-0.25, -0.2) is 9.97 Å². The molecule has 0 saturated carbocycles. The van der Waals surface area contributed by atoms with Gasteiger partial charge in [-0.3, -0.25) is 4.79 Å². The summed E-state index contributed by atoms with van der Waals surface area (Å²) in [5.74, 6) is 0.753. The molecule has 0 bridgehead atoms. The maximum absolute atomic E-state index is 11.1. The van der Waals surface area contributed by atoms with Gasteiger partial charge in [-0.05, 0) is 28.1 Å². The summed E-state index contributed by atoms with van der Waals surface area (Å²) >= 11 is 3.29. The molecular weight excluding hydrogens is 298 g/mol. The van der Waals surface area contributed by atoms with Crippen LogP contribution in [0.5, 0.6) is 11.6 Å². The van der Waals surface area contributed by atoms with E-state index in [2.05, 4.69) is 31.2 Å². The number of halogens is 1. The maximum Gasteiger partial charge on any atom is 0.236 e. The second kappa shape index (κ2) is 5.59. The normalized spacial score (nSPS) is 9.89. The van der Waals surface area contributed by atoms with E-state index >= 15 is 0 Å². The Morgan fingerprint density at radius 3 is 2.89 bits per heavy atom. The number of nitrogens with one attached hydrogen (secondary N) is 1. The van der Waals surface area contributed by atoms with Gasteiger partial charge in [0.1, 0.15) is 6.33 Å². The molecule has 1 aromatic carbocycles. The molecule has 0 atom stereocenters. The zero-order chi connectivity index (χ0) is 13.0. The van der Waals surface area contributed by atoms with Gasteiger partial charge in [-0.1, -0.05) is 12.1 Å². The molecular formula is C12H10BrN3O2. The van der Waals surface area contributed by atoms with E-state index in [0.29, 0.717) is 21.8 Å². The first-order valence-electron chi connectivity index (χ1n) is 5.17. The van der Waals surface area contributed by atoms with E-state index in [1.54, 1.807) is 18.3 Å². The van der Waals surface area contributed by atoms with Crippen LogP contribution in [0.4, 0.5) is 5.69 Å². The van der Waals surface area contributed by atoms with Gasteiger partial charge in [0.2, 0.25) is 11.8 Å². The number of rotatable bonds is 3. The van der Waals surface area contributed by atoms with Crippen molar-refractivity contribution in [3.05, 3.63) is 41.3 Å². The highest BCUT2D eigenvalue weighted by molar-refractivity contribution is 9.10. The van der Waals surface area contributed by atoms with Gasteiger partial charge in [0.05, 0.1) is 10.2 Å². The lowest BCUT2D eigenvalue weighted by Gasteiger charge is -2.10. The first-order valence-corrected chi connectivity index (χ1v) is 5.96. The summed E-state index contributed by atoms with van der Waals surface area (Å²) < 4.78 is 6.27. The van der Waals surface area contributed by atoms with Gasteiger partial charge in [0.25, 0.3) is 0 Å². The van der Waals surface area contributed by atoms with E-state index in [4.69, 9.17) is 4.74 Å². The molecule has 0 fully saturated rings. The minimum atomic E-state index is -0.159. The Morgan fingerprint density at radius 2 is 2.17 bits per heavy atom. The number of nitrogens with zero attached hydrogens (tertiary/aromatic N) is 2. The highest BCUT2D eigenvalue weighted by Gasteiger charge is 2.08. The summed E-state index contributed by atoms with van der Waals surface area (Å²) in [4.78, 5) is 18.9. The molecule has 5 nitrogen and oxygen atoms in total. The van der Waals surface area contributed by atoms with Crippen LogP contribution in [0.25, 0.3) is 0 Å². The lowest BCUT2D eigenvalue weighted by Crippen LogP contribution is -2.07. The number of aromatic nitrogens is 2. The smallest absolute Gasteiger partial charge is 0.236 e. The monoisotopic (exact) mass is 307 g/mol. The fourth-order valence-corrected chi connectivity index (χ4v) is 1.63. The molecule has 6 heteroatoms. The molecule has 2 rings (SSSR count). The van der Waals surface area contributed by atoms with E-state index in [-0.39, 0.29) is 5.91 Å². The zero-order valence-electron chi connectivity index (χ0n) is 9.55. The molecule has 0 unspecified atom stereocenters. The molecule has 1 N–H and O–H groups in total. The number of hydrogen-bond acceptors (Lipinski definition) is 4. The molecule has 2 aromatic rings. The fraction of sp³-hybridized carbons (Fsp3) is 0.0833. The predicted molar refractivity (Wildman–Crippen MR) is 70.6 cm³/mol. The Kier molecular flexibility index (Phi) is 3.88. The summed E-state index contributed by atoms with van der Waals surface area (Å²) in [6.07, 6.45) is 2.98. The maximum atomic E-state index is 11.1. The molecule has 0 aliphatic rings. The second-order valence-electron chi connectivity index (χ2n) is 3.46. The van der Waals surface area contributed by atoms with Crippen molar-refractivity contribution >= 4 is 27.5 Å². The number of hydrogen-bond donors (Lipinski definition) is 1. The van der Waals surface area contributed by atoms with E-state index in [1.165, 1.54) is 13.3 Å². The molecule has 0 saturated heterocycles. The van der Waals surface area contributed by atoms with Gasteiger partial charge in [-0.15, -0.1) is 0 Å². The van der Waals surface area contributed by atoms with Crippen molar-refractivity contribution in [2.24, 2.45) is 0 Å². The number of benzene rings is 1. The first-order chi connectivity index (χ1) is 8.66. The van der Waals surface area contributed by atoms with Gasteiger partial charge >= 0.3 is 0 Å². The Balaban J connectivity index is 2.29. The molecule has 1 aromatic heterocycles. The van der Waals surface area contributed by atoms with Gasteiger partial charge < -0.3 is 10.1 Å². The largest absolute Gasteiger partial charge is 0.436 e. The minimum Gasteiger partial charge on any atom is -0.436 e. The third kappa shape index (κ3) is 3.04. The minimum absolute atomic E-state index is 0.159. The van der Waals surface area contributed by atoms with E-state index in [1.807, 2.05) is 12.1 Å². The summed E-state index contributed by atoms with van der Waals surface area (Å²) in [7, 11) is 0. The zero-order valence-corrected chi connectivity index (χ0v) is 11.1. The van der Waals surface area contributed by atoms with Crippen molar-refractivity contribution in [3.8, 4) is 11.6 Å². The first kappa shape index (κ1) is 12.5. The van der Waals surface area contributed by atoms with E-state index in [0.717, 1.165) is 0 Å². The van der Waals surface area contributed by atoms with Crippen LogP contribution >= 0.6 is 15.9 Å². The molecule has 1 amide bonds. The van der Waals surface area contributed by atoms with Crippen LogP contribution < -0.4 is 10.1 Å². The van der Waals surface area contributed by atoms with Crippen molar-refractivity contribution in [2.45, 2.75) is 6.92 Å². The van der Waals surface area contributed by atoms with Crippen LogP contribution in [-0.4, -0.2) is 15.9 Å². The van der Waals surface area contributed by atoms with Crippen LogP contribution in [0.3, 0.4) is 0 Å². The van der Waals surface area contributed by atoms with Crippen molar-refractivity contribution in [1.29, 1.82) is 0 Å². The summed E-state index contributed by atoms with van der Waals surface area (Å²) in [6, 6.07) is 7.13. The quantitative estimate of drug-likeness (QED) is 0.946. The molecule has 0 radical (unpaired) electrons. The molecule has 1 heterocycles. The van der Waals surface area contributed by atoms with E-state index < -0.39 is 0 Å². The average molecular weight is 308 g/mol. The van der Waals surface area contributed by atoms with Crippen LogP contribution in [0.2, 0.25) is 0 Å². The second-order valence-corrected chi connectivity index (χ2v) is 4.31. The van der Waals surface area contributed by atoms with Crippen LogP contribution in [-0.2, 0) is 4.79 Å². The number of ether oxygens (including phenoxy) is 1. The van der Waals surface area contributed by atoms with E-state index in [9.17, 15) is 4.79 Å². The van der Waals surface area contributed by atoms with Crippen molar-refractivity contribution in [3.63, 3.8) is 0 Å². The van der Waals surface area contributed by atoms with Gasteiger partial charge in [0.15, 0.2) is 5.75 Å². The van der Waals surface area contributed by atoms with Crippen LogP contribution in [0.1, 0.15) is 6.92 Å². The summed E-state index contributed by atoms with van der Waals surface area (Å²) in [5.41, 5.74) is 0.593. The molecule has 0 aliphatic heterocycles. The Bertz CT molecular complexity index is 575. The summed E-state index contributed by atoms with van der Waals surface area (Å²) in [5, 5.41) is 2.69. The van der Waals surface area contributed by atoms with Crippen molar-refractivity contribution in [1.82, 2.24) is 9.97 Å². The standard InChI is InChI=1S/C12H10BrN3O2/c1-8(17)16-10-4-2-3-5-11(10)18-12-9(13)6-14-7-15-12/h2-7H,1H3,(H,16,17). The molecule has 92 valence electrons. The SMILES string of the molecule is CC(=O)Nc1ccccc1Oc1ncncc1Br. The molecule has 18 heavy (non-hydrogen) atoms. The lowest BCUT2D eigenvalue weighted by atomic mass is 10.3. The molecule has 0 spiro atoms. The lowest BCUT2D eigenvalue weighted by molar-refractivity contribution is -0.114. The van der Waals surface area contributed by atoms with Crippen LogP contribution in [0.15, 0.2) is 41.3 Å². The average Bonchev–Trinajstić information content (AvgIpc) is 2.34. The van der Waals surface area contributed by atoms with Crippen molar-refractivity contribution in [2.75, 3.05) is 5.32 Å². The topological polar surface area (TPSA) is 64.1 Å². The number of anilines is 1.